The molecule has 0 unspecified atom stereocenters. The van der Waals surface area contributed by atoms with Gasteiger partial charge in [-0.3, -0.25) is 4.98 Å². The molecule has 0 aliphatic carbocycles. The molecular weight excluding hydrogens is 224 g/mol. The van der Waals surface area contributed by atoms with Crippen LogP contribution in [-0.2, 0) is 0 Å². The number of hydrogen-bond acceptors (Lipinski definition) is 2. The first-order valence-electron chi connectivity index (χ1n) is 5.82. The second kappa shape index (κ2) is 3.47. The Morgan fingerprint density at radius 1 is 1.06 bits per heavy atom. The molecule has 1 aromatic carbocycles. The molecule has 0 saturated carbocycles. The van der Waals surface area contributed by atoms with E-state index in [1.807, 2.05) is 48.9 Å². The topological polar surface area (TPSA) is 41.8 Å². The van der Waals surface area contributed by atoms with Crippen LogP contribution in [0.25, 0.3) is 33.2 Å². The van der Waals surface area contributed by atoms with Gasteiger partial charge in [-0.1, -0.05) is 18.2 Å². The number of hydrogen-bond donors (Lipinski definition) is 1. The smallest absolute Gasteiger partial charge is 0.137 e. The maximum Gasteiger partial charge on any atom is 0.137 e. The highest BCUT2D eigenvalue weighted by Gasteiger charge is 2.10. The number of aromatic amines is 1. The molecule has 86 valence electrons. The van der Waals surface area contributed by atoms with Gasteiger partial charge in [-0.2, -0.15) is 0 Å². The predicted molar refractivity (Wildman–Crippen MR) is 71.3 cm³/mol. The Kier molecular flexibility index (Phi) is 1.83. The minimum atomic E-state index is 0.855. The Hall–Kier alpha value is -2.55. The summed E-state index contributed by atoms with van der Waals surface area (Å²) in [6, 6.07) is 12.1. The fourth-order valence-electron chi connectivity index (χ4n) is 2.29. The second-order valence-corrected chi connectivity index (χ2v) is 4.27. The normalized spacial score (nSPS) is 11.3. The monoisotopic (exact) mass is 234 g/mol. The van der Waals surface area contributed by atoms with Crippen molar-refractivity contribution < 1.29 is 4.42 Å². The molecule has 0 saturated heterocycles. The predicted octanol–water partition coefficient (Wildman–Crippen LogP) is 3.98. The molecule has 0 aliphatic heterocycles. The van der Waals surface area contributed by atoms with Gasteiger partial charge in [0.2, 0.25) is 0 Å². The fourth-order valence-corrected chi connectivity index (χ4v) is 2.29. The van der Waals surface area contributed by atoms with Crippen LogP contribution >= 0.6 is 0 Å². The first kappa shape index (κ1) is 9.48. The zero-order valence-electron chi connectivity index (χ0n) is 9.55. The van der Waals surface area contributed by atoms with Crippen molar-refractivity contribution in [1.29, 1.82) is 0 Å². The molecule has 3 heterocycles. The van der Waals surface area contributed by atoms with E-state index in [-0.39, 0.29) is 0 Å². The van der Waals surface area contributed by atoms with Crippen molar-refractivity contribution in [2.75, 3.05) is 0 Å². The number of para-hydroxylation sites is 1. The van der Waals surface area contributed by atoms with Gasteiger partial charge < -0.3 is 9.40 Å². The average Bonchev–Trinajstić information content (AvgIpc) is 3.04. The number of pyridine rings is 1. The zero-order valence-corrected chi connectivity index (χ0v) is 9.55. The lowest BCUT2D eigenvalue weighted by atomic mass is 10.1. The van der Waals surface area contributed by atoms with Crippen molar-refractivity contribution in [3.8, 4) is 11.3 Å². The highest BCUT2D eigenvalue weighted by Crippen LogP contribution is 2.31. The van der Waals surface area contributed by atoms with Crippen LogP contribution in [0.5, 0.6) is 0 Å². The van der Waals surface area contributed by atoms with Crippen molar-refractivity contribution in [3.05, 3.63) is 55.0 Å². The Morgan fingerprint density at radius 2 is 2.00 bits per heavy atom. The average molecular weight is 234 g/mol. The number of benzene rings is 1. The third-order valence-corrected chi connectivity index (χ3v) is 3.17. The highest BCUT2D eigenvalue weighted by atomic mass is 16.3. The number of H-pyrrole nitrogens is 1. The summed E-state index contributed by atoms with van der Waals surface area (Å²) in [4.78, 5) is 7.40. The van der Waals surface area contributed by atoms with Crippen LogP contribution in [0.1, 0.15) is 0 Å². The summed E-state index contributed by atoms with van der Waals surface area (Å²) >= 11 is 0. The third kappa shape index (κ3) is 1.27. The molecule has 0 spiro atoms. The van der Waals surface area contributed by atoms with E-state index < -0.39 is 0 Å². The van der Waals surface area contributed by atoms with Gasteiger partial charge in [0.05, 0.1) is 11.7 Å². The minimum Gasteiger partial charge on any atom is -0.456 e. The number of furan rings is 1. The van der Waals surface area contributed by atoms with E-state index in [0.29, 0.717) is 0 Å². The zero-order chi connectivity index (χ0) is 11.9. The van der Waals surface area contributed by atoms with Crippen LogP contribution in [0, 0.1) is 0 Å². The molecule has 4 aromatic rings. The minimum absolute atomic E-state index is 0.855. The summed E-state index contributed by atoms with van der Waals surface area (Å²) in [7, 11) is 0. The molecule has 3 aromatic heterocycles. The van der Waals surface area contributed by atoms with E-state index in [1.165, 1.54) is 0 Å². The SMILES string of the molecule is c1ccc2oc(-c3cncc4[nH]ccc34)cc2c1. The molecule has 3 heteroatoms. The van der Waals surface area contributed by atoms with Crippen molar-refractivity contribution in [2.45, 2.75) is 0 Å². The molecule has 0 bridgehead atoms. The van der Waals surface area contributed by atoms with E-state index in [0.717, 1.165) is 33.2 Å². The summed E-state index contributed by atoms with van der Waals surface area (Å²) in [6.45, 7) is 0. The number of nitrogens with one attached hydrogen (secondary N) is 1. The summed E-state index contributed by atoms with van der Waals surface area (Å²) in [6.07, 6.45) is 5.58. The van der Waals surface area contributed by atoms with Gasteiger partial charge in [0.25, 0.3) is 0 Å². The van der Waals surface area contributed by atoms with Crippen molar-refractivity contribution in [1.82, 2.24) is 9.97 Å². The Balaban J connectivity index is 2.04. The van der Waals surface area contributed by atoms with Gasteiger partial charge in [-0.15, -0.1) is 0 Å². The van der Waals surface area contributed by atoms with Gasteiger partial charge in [-0.25, -0.2) is 0 Å². The van der Waals surface area contributed by atoms with Gasteiger partial charge in [0.1, 0.15) is 11.3 Å². The number of rotatable bonds is 1. The molecular formula is C15H10N2O. The van der Waals surface area contributed by atoms with Crippen LogP contribution in [0.3, 0.4) is 0 Å². The Morgan fingerprint density at radius 3 is 2.94 bits per heavy atom. The first-order valence-corrected chi connectivity index (χ1v) is 5.82. The van der Waals surface area contributed by atoms with E-state index in [9.17, 15) is 0 Å². The largest absolute Gasteiger partial charge is 0.456 e. The number of aromatic nitrogens is 2. The molecule has 0 radical (unpaired) electrons. The first-order chi connectivity index (χ1) is 8.92. The highest BCUT2D eigenvalue weighted by molar-refractivity contribution is 5.95. The molecule has 0 aliphatic rings. The number of fused-ring (bicyclic) bond motifs is 2. The number of nitrogens with zero attached hydrogens (tertiary/aromatic N) is 1. The molecule has 0 amide bonds. The van der Waals surface area contributed by atoms with Crippen LogP contribution in [0.4, 0.5) is 0 Å². The van der Waals surface area contributed by atoms with Gasteiger partial charge >= 0.3 is 0 Å². The maximum absolute atomic E-state index is 5.88. The third-order valence-electron chi connectivity index (χ3n) is 3.17. The standard InChI is InChI=1S/C15H10N2O/c1-2-4-14-10(3-1)7-15(18-14)12-8-16-9-13-11(12)5-6-17-13/h1-9,17H. The van der Waals surface area contributed by atoms with Crippen molar-refractivity contribution in [2.24, 2.45) is 0 Å². The van der Waals surface area contributed by atoms with E-state index in [1.54, 1.807) is 0 Å². The second-order valence-electron chi connectivity index (χ2n) is 4.27. The van der Waals surface area contributed by atoms with Crippen molar-refractivity contribution >= 4 is 21.9 Å². The molecule has 3 nitrogen and oxygen atoms in total. The molecule has 1 N–H and O–H groups in total. The lowest BCUT2D eigenvalue weighted by Crippen LogP contribution is -1.78. The maximum atomic E-state index is 5.88. The summed E-state index contributed by atoms with van der Waals surface area (Å²) in [5.41, 5.74) is 2.94. The quantitative estimate of drug-likeness (QED) is 0.541. The summed E-state index contributed by atoms with van der Waals surface area (Å²) < 4.78 is 5.88. The molecule has 4 rings (SSSR count). The summed E-state index contributed by atoms with van der Waals surface area (Å²) in [5, 5.41) is 2.24. The van der Waals surface area contributed by atoms with Crippen LogP contribution in [0.15, 0.2) is 59.4 Å². The van der Waals surface area contributed by atoms with Gasteiger partial charge in [0, 0.05) is 28.7 Å². The fraction of sp³-hybridized carbons (Fsp3) is 0. The Labute approximate surface area is 103 Å². The van der Waals surface area contributed by atoms with E-state index >= 15 is 0 Å². The molecule has 0 fully saturated rings. The van der Waals surface area contributed by atoms with Gasteiger partial charge in [0.15, 0.2) is 0 Å². The van der Waals surface area contributed by atoms with Gasteiger partial charge in [-0.05, 0) is 18.2 Å². The van der Waals surface area contributed by atoms with Crippen LogP contribution < -0.4 is 0 Å². The molecule has 18 heavy (non-hydrogen) atoms. The van der Waals surface area contributed by atoms with E-state index in [2.05, 4.69) is 16.0 Å². The lowest BCUT2D eigenvalue weighted by Gasteiger charge is -1.97. The summed E-state index contributed by atoms with van der Waals surface area (Å²) in [5.74, 6) is 0.855. The van der Waals surface area contributed by atoms with E-state index in [4.69, 9.17) is 4.42 Å². The molecule has 0 atom stereocenters. The van der Waals surface area contributed by atoms with Crippen molar-refractivity contribution in [3.63, 3.8) is 0 Å². The lowest BCUT2D eigenvalue weighted by molar-refractivity contribution is 0.632. The van der Waals surface area contributed by atoms with Crippen LogP contribution in [0.2, 0.25) is 0 Å². The Bertz CT molecular complexity index is 809. The van der Waals surface area contributed by atoms with Crippen LogP contribution in [-0.4, -0.2) is 9.97 Å².